The fourth-order valence-electron chi connectivity index (χ4n) is 0.694. The first-order valence-corrected chi connectivity index (χ1v) is 5.25. The third-order valence-electron chi connectivity index (χ3n) is 1.07. The Bertz CT molecular complexity index is 158. The predicted octanol–water partition coefficient (Wildman–Crippen LogP) is -6.61. The first-order valence-electron chi connectivity index (χ1n) is 2.69. The zero-order valence-electron chi connectivity index (χ0n) is 5.91. The molecule has 0 spiro atoms. The zero-order valence-corrected chi connectivity index (χ0v) is 11.2. The third-order valence-corrected chi connectivity index (χ3v) is 3.46. The Kier molecular flexibility index (Phi) is 17.4. The fourth-order valence-corrected chi connectivity index (χ4v) is 2.96. The van der Waals surface area contributed by atoms with Gasteiger partial charge in [-0.25, -0.2) is 0 Å². The Morgan fingerprint density at radius 2 is 1.83 bits per heavy atom. The molecule has 0 N–H and O–H groups in total. The van der Waals surface area contributed by atoms with E-state index in [-0.39, 0.29) is 59.9 Å². The summed E-state index contributed by atoms with van der Waals surface area (Å²) >= 11 is 11.0. The molecule has 0 saturated heterocycles. The average molecular weight is 301 g/mol. The van der Waals surface area contributed by atoms with Crippen molar-refractivity contribution in [2.24, 2.45) is 0 Å². The molecule has 1 aliphatic carbocycles. The van der Waals surface area contributed by atoms with Crippen molar-refractivity contribution in [1.82, 2.24) is 0 Å². The van der Waals surface area contributed by atoms with Gasteiger partial charge in [0.25, 0.3) is 0 Å². The van der Waals surface area contributed by atoms with E-state index in [0.717, 1.165) is 6.42 Å². The Hall–Kier alpha value is 1.71. The van der Waals surface area contributed by atoms with Gasteiger partial charge in [-0.15, -0.1) is 0 Å². The average Bonchev–Trinajstić information content (AvgIpc) is 2.15. The number of hydrogen-bond donors (Lipinski definition) is 0. The number of hydrogen-bond acceptors (Lipinski definition) is 0. The molecule has 67 valence electrons. The van der Waals surface area contributed by atoms with Gasteiger partial charge in [0.1, 0.15) is 0 Å². The largest absolute Gasteiger partial charge is 1.00 e. The smallest absolute Gasteiger partial charge is 1.00 e. The van der Waals surface area contributed by atoms with Crippen molar-refractivity contribution >= 4 is 26.6 Å². The molecule has 0 aromatic heterocycles. The van der Waals surface area contributed by atoms with Gasteiger partial charge in [-0.3, -0.25) is 0 Å². The first kappa shape index (κ1) is 19.3. The molecule has 0 radical (unpaired) electrons. The Morgan fingerprint density at radius 3 is 2.17 bits per heavy atom. The van der Waals surface area contributed by atoms with Crippen molar-refractivity contribution < 1.29 is 56.2 Å². The summed E-state index contributed by atoms with van der Waals surface area (Å²) in [7, 11) is 0. The molecule has 0 aromatic rings. The van der Waals surface area contributed by atoms with E-state index >= 15 is 0 Å². The number of rotatable bonds is 2. The van der Waals surface area contributed by atoms with Crippen LogP contribution in [0.2, 0.25) is 0 Å². The summed E-state index contributed by atoms with van der Waals surface area (Å²) in [6, 6.07) is 0. The van der Waals surface area contributed by atoms with E-state index in [4.69, 9.17) is 22.9 Å². The van der Waals surface area contributed by atoms with Crippen LogP contribution in [-0.2, 0) is 19.0 Å². The van der Waals surface area contributed by atoms with Crippen molar-refractivity contribution in [1.29, 1.82) is 0 Å². The van der Waals surface area contributed by atoms with Gasteiger partial charge in [0.15, 0.2) is 0 Å². The van der Waals surface area contributed by atoms with Crippen molar-refractivity contribution in [3.63, 3.8) is 0 Å². The molecule has 0 aliphatic heterocycles. The van der Waals surface area contributed by atoms with Crippen molar-refractivity contribution in [2.75, 3.05) is 0 Å². The van der Waals surface area contributed by atoms with E-state index in [1.807, 2.05) is 0 Å². The standard InChI is InChI=1S/C5H5.BCl2.3ClH.Ti/c1-2-4-5-3-1;2-1-3;;;;/h1-3H,4H2;;3*1H;/q;+1;;;;+2/p-3. The molecule has 1 aliphatic rings. The maximum absolute atomic E-state index is 5.61. The normalized spacial score (nSPS) is 11.3. The second-order valence-electron chi connectivity index (χ2n) is 1.77. The van der Waals surface area contributed by atoms with Crippen LogP contribution in [0.5, 0.6) is 0 Å². The van der Waals surface area contributed by atoms with Gasteiger partial charge in [0, 0.05) is 0 Å². The summed E-state index contributed by atoms with van der Waals surface area (Å²) in [6.07, 6.45) is 7.40. The van der Waals surface area contributed by atoms with Crippen molar-refractivity contribution in [3.8, 4) is 0 Å². The second-order valence-corrected chi connectivity index (χ2v) is 6.36. The molecular formula is C5H5BCl5Ti. The van der Waals surface area contributed by atoms with Crippen LogP contribution >= 0.6 is 22.9 Å². The monoisotopic (exact) mass is 299 g/mol. The molecule has 7 heteroatoms. The minimum Gasteiger partial charge on any atom is -1.00 e. The summed E-state index contributed by atoms with van der Waals surface area (Å²) in [6.45, 7) is 0. The van der Waals surface area contributed by atoms with Gasteiger partial charge < -0.3 is 37.2 Å². The summed E-state index contributed by atoms with van der Waals surface area (Å²) in [5.74, 6) is 0. The molecule has 0 heterocycles. The minimum atomic E-state index is -0.233. The zero-order chi connectivity index (χ0) is 6.69. The van der Waals surface area contributed by atoms with Gasteiger partial charge >= 0.3 is 74.1 Å². The summed E-state index contributed by atoms with van der Waals surface area (Å²) in [5, 5.41) is 0. The molecule has 0 aromatic carbocycles. The predicted molar refractivity (Wildman–Crippen MR) is 39.3 cm³/mol. The van der Waals surface area contributed by atoms with Crippen LogP contribution in [0.3, 0.4) is 0 Å². The van der Waals surface area contributed by atoms with Crippen LogP contribution in [0.1, 0.15) is 6.42 Å². The van der Waals surface area contributed by atoms with E-state index in [2.05, 4.69) is 18.2 Å². The third kappa shape index (κ3) is 8.31. The molecule has 0 atom stereocenters. The van der Waals surface area contributed by atoms with Crippen molar-refractivity contribution in [2.45, 2.75) is 6.42 Å². The molecule has 0 nitrogen and oxygen atoms in total. The Morgan fingerprint density at radius 1 is 1.25 bits per heavy atom. The summed E-state index contributed by atoms with van der Waals surface area (Å²) in [5.41, 5.74) is 0. The van der Waals surface area contributed by atoms with Gasteiger partial charge in [-0.05, 0) is 0 Å². The molecule has 12 heavy (non-hydrogen) atoms. The van der Waals surface area contributed by atoms with Crippen LogP contribution in [0.15, 0.2) is 22.1 Å². The van der Waals surface area contributed by atoms with Gasteiger partial charge in [-0.2, -0.15) is 0 Å². The van der Waals surface area contributed by atoms with Gasteiger partial charge in [0.05, 0.1) is 0 Å². The van der Waals surface area contributed by atoms with E-state index in [1.165, 1.54) is 3.88 Å². The van der Waals surface area contributed by atoms with Gasteiger partial charge in [0.2, 0.25) is 0 Å². The molecule has 1 rings (SSSR count). The van der Waals surface area contributed by atoms with E-state index in [1.54, 1.807) is 0 Å². The maximum atomic E-state index is 5.61. The quantitative estimate of drug-likeness (QED) is 0.445. The molecule has 0 unspecified atom stereocenters. The minimum absolute atomic E-state index is 0. The fraction of sp³-hybridized carbons (Fsp3) is 0.200. The molecule has 0 fully saturated rings. The number of halogens is 5. The van der Waals surface area contributed by atoms with Crippen LogP contribution in [0, 0.1) is 0 Å². The summed E-state index contributed by atoms with van der Waals surface area (Å²) < 4.78 is 1.33. The van der Waals surface area contributed by atoms with Crippen LogP contribution in [0.4, 0.5) is 0 Å². The van der Waals surface area contributed by atoms with Crippen LogP contribution < -0.4 is 37.2 Å². The van der Waals surface area contributed by atoms with Crippen LogP contribution in [-0.4, -0.2) is 3.72 Å². The molecule has 0 saturated carbocycles. The molecular weight excluding hydrogens is 296 g/mol. The Balaban J connectivity index is -0.000000270. The number of allylic oxidation sites excluding steroid dienone is 4. The van der Waals surface area contributed by atoms with E-state index in [0.29, 0.717) is 0 Å². The van der Waals surface area contributed by atoms with E-state index < -0.39 is 0 Å². The SMILES string of the molecule is Cl[B](Cl)[Ti+3][C]1=CC=CC1.[Cl-].[Cl-].[Cl-]. The van der Waals surface area contributed by atoms with Crippen molar-refractivity contribution in [3.05, 3.63) is 22.1 Å². The Labute approximate surface area is 110 Å². The first-order chi connectivity index (χ1) is 4.29. The maximum Gasteiger partial charge on any atom is -1.00 e. The topological polar surface area (TPSA) is 0 Å². The van der Waals surface area contributed by atoms with E-state index in [9.17, 15) is 0 Å². The molecule has 0 amide bonds. The van der Waals surface area contributed by atoms with Gasteiger partial charge in [-0.1, -0.05) is 0 Å². The molecule has 0 bridgehead atoms. The van der Waals surface area contributed by atoms with Crippen LogP contribution in [0.25, 0.3) is 0 Å². The second kappa shape index (κ2) is 10.8. The summed E-state index contributed by atoms with van der Waals surface area (Å²) in [4.78, 5) is 0.